The lowest BCUT2D eigenvalue weighted by Crippen LogP contribution is -2.14. The monoisotopic (exact) mass is 146 g/mol. The van der Waals surface area contributed by atoms with Gasteiger partial charge in [-0.2, -0.15) is 0 Å². The second-order valence-electron chi connectivity index (χ2n) is 1.37. The molecule has 0 aromatic heterocycles. The minimum absolute atomic E-state index is 0.0986. The van der Waals surface area contributed by atoms with Gasteiger partial charge in [-0.1, -0.05) is 0 Å². The summed E-state index contributed by atoms with van der Waals surface area (Å²) in [5.41, 5.74) is 0. The number of hydrogen-bond acceptors (Lipinski definition) is 5. The van der Waals surface area contributed by atoms with Crippen LogP contribution >= 0.6 is 0 Å². The fourth-order valence-corrected chi connectivity index (χ4v) is 0.292. The van der Waals surface area contributed by atoms with Crippen LogP contribution in [-0.2, 0) is 23.9 Å². The zero-order chi connectivity index (χ0) is 7.98. The molecule has 10 heavy (non-hydrogen) atoms. The lowest BCUT2D eigenvalue weighted by atomic mass is 10.7. The van der Waals surface area contributed by atoms with Crippen LogP contribution in [0.5, 0.6) is 0 Å². The summed E-state index contributed by atoms with van der Waals surface area (Å²) in [6, 6.07) is 0. The van der Waals surface area contributed by atoms with Crippen molar-refractivity contribution in [2.45, 2.75) is 6.92 Å². The van der Waals surface area contributed by atoms with Gasteiger partial charge in [0, 0.05) is 6.92 Å². The molecule has 0 saturated heterocycles. The molecule has 5 nitrogen and oxygen atoms in total. The predicted molar refractivity (Wildman–Crippen MR) is 28.8 cm³/mol. The molecule has 56 valence electrons. The van der Waals surface area contributed by atoms with E-state index in [1.165, 1.54) is 0 Å². The van der Waals surface area contributed by atoms with Gasteiger partial charge in [-0.15, -0.1) is 0 Å². The Morgan fingerprint density at radius 2 is 2.10 bits per heavy atom. The van der Waals surface area contributed by atoms with Gasteiger partial charge >= 0.3 is 11.9 Å². The number of carbonyl (C=O) groups excluding carboxylic acids is 3. The molecule has 0 fully saturated rings. The van der Waals surface area contributed by atoms with Gasteiger partial charge in [-0.25, -0.2) is 4.79 Å². The van der Waals surface area contributed by atoms with Crippen molar-refractivity contribution in [1.29, 1.82) is 0 Å². The molecule has 0 radical (unpaired) electrons. The molecule has 0 aliphatic heterocycles. The average Bonchev–Trinajstić information content (AvgIpc) is 1.82. The summed E-state index contributed by atoms with van der Waals surface area (Å²) >= 11 is 0. The van der Waals surface area contributed by atoms with E-state index in [-0.39, 0.29) is 6.47 Å². The number of ether oxygens (including phenoxy) is 2. The molecule has 0 N–H and O–H groups in total. The summed E-state index contributed by atoms with van der Waals surface area (Å²) in [7, 11) is 0. The van der Waals surface area contributed by atoms with Crippen molar-refractivity contribution in [3.8, 4) is 0 Å². The number of carbonyl (C=O) groups is 3. The fraction of sp³-hybridized carbons (Fsp3) is 0.400. The third-order valence-corrected chi connectivity index (χ3v) is 0.527. The molecule has 0 aliphatic carbocycles. The van der Waals surface area contributed by atoms with Crippen LogP contribution in [0.15, 0.2) is 0 Å². The summed E-state index contributed by atoms with van der Waals surface area (Å²) in [5.74, 6) is -1.60. The van der Waals surface area contributed by atoms with Crippen LogP contribution in [-0.4, -0.2) is 25.0 Å². The van der Waals surface area contributed by atoms with E-state index in [1.807, 2.05) is 0 Å². The number of esters is 2. The molecule has 0 amide bonds. The van der Waals surface area contributed by atoms with E-state index in [0.29, 0.717) is 0 Å². The van der Waals surface area contributed by atoms with Gasteiger partial charge in [-0.3, -0.25) is 9.59 Å². The van der Waals surface area contributed by atoms with Crippen LogP contribution in [0.1, 0.15) is 6.92 Å². The maximum absolute atomic E-state index is 10.3. The minimum Gasteiger partial charge on any atom is -0.456 e. The number of rotatable bonds is 3. The highest BCUT2D eigenvalue weighted by Crippen LogP contribution is 1.79. The Hall–Kier alpha value is -1.39. The highest BCUT2D eigenvalue weighted by molar-refractivity contribution is 5.85. The zero-order valence-corrected chi connectivity index (χ0v) is 5.33. The highest BCUT2D eigenvalue weighted by atomic mass is 16.6. The largest absolute Gasteiger partial charge is 0.456 e. The van der Waals surface area contributed by atoms with Crippen molar-refractivity contribution in [1.82, 2.24) is 0 Å². The van der Waals surface area contributed by atoms with E-state index in [9.17, 15) is 14.4 Å². The highest BCUT2D eigenvalue weighted by Gasteiger charge is 2.04. The van der Waals surface area contributed by atoms with Gasteiger partial charge in [-0.05, 0) is 0 Å². The first-order chi connectivity index (χ1) is 4.66. The predicted octanol–water partition coefficient (Wildman–Crippen LogP) is -0.751. The molecule has 0 spiro atoms. The van der Waals surface area contributed by atoms with E-state index < -0.39 is 18.5 Å². The molecule has 0 aliphatic rings. The van der Waals surface area contributed by atoms with Crippen LogP contribution in [0.2, 0.25) is 0 Å². The molecule has 0 aromatic carbocycles. The molecule has 0 unspecified atom stereocenters. The van der Waals surface area contributed by atoms with Crippen LogP contribution in [0.4, 0.5) is 0 Å². The first-order valence-electron chi connectivity index (χ1n) is 2.43. The topological polar surface area (TPSA) is 69.7 Å². The van der Waals surface area contributed by atoms with Crippen LogP contribution in [0.3, 0.4) is 0 Å². The Labute approximate surface area is 56.9 Å². The third-order valence-electron chi connectivity index (χ3n) is 0.527. The molecule has 0 saturated carbocycles. The smallest absolute Gasteiger partial charge is 0.351 e. The normalized spacial score (nSPS) is 8.10. The molecule has 0 heterocycles. The molecule has 5 heteroatoms. The average molecular weight is 146 g/mol. The van der Waals surface area contributed by atoms with Gasteiger partial charge in [0.2, 0.25) is 0 Å². The van der Waals surface area contributed by atoms with E-state index in [0.717, 1.165) is 6.92 Å². The Balaban J connectivity index is 3.43. The molecular formula is C5H6O5. The molecule has 0 atom stereocenters. The van der Waals surface area contributed by atoms with E-state index >= 15 is 0 Å². The molecule has 0 rings (SSSR count). The van der Waals surface area contributed by atoms with E-state index in [2.05, 4.69) is 9.47 Å². The van der Waals surface area contributed by atoms with Crippen molar-refractivity contribution < 1.29 is 23.9 Å². The van der Waals surface area contributed by atoms with Crippen molar-refractivity contribution in [3.05, 3.63) is 0 Å². The van der Waals surface area contributed by atoms with E-state index in [1.54, 1.807) is 0 Å². The van der Waals surface area contributed by atoms with Crippen molar-refractivity contribution >= 4 is 18.4 Å². The summed E-state index contributed by atoms with van der Waals surface area (Å²) in [6.45, 7) is 0.656. The third kappa shape index (κ3) is 4.76. The first kappa shape index (κ1) is 8.61. The van der Waals surface area contributed by atoms with E-state index in [4.69, 9.17) is 0 Å². The van der Waals surface area contributed by atoms with Gasteiger partial charge in [0.1, 0.15) is 0 Å². The standard InChI is InChI=1S/C5H6O5/c1-4(7)10-5(8)2-9-3-6/h3H,2H2,1H3. The summed E-state index contributed by atoms with van der Waals surface area (Å²) in [4.78, 5) is 29.8. The molecule has 0 aromatic rings. The Bertz CT molecular complexity index is 150. The fourth-order valence-electron chi connectivity index (χ4n) is 0.292. The second kappa shape index (κ2) is 4.49. The number of hydrogen-bond donors (Lipinski definition) is 0. The van der Waals surface area contributed by atoms with Crippen LogP contribution in [0, 0.1) is 0 Å². The summed E-state index contributed by atoms with van der Waals surface area (Å²) < 4.78 is 7.98. The molecule has 0 bridgehead atoms. The van der Waals surface area contributed by atoms with Crippen molar-refractivity contribution in [3.63, 3.8) is 0 Å². The quantitative estimate of drug-likeness (QED) is 0.297. The second-order valence-corrected chi connectivity index (χ2v) is 1.37. The van der Waals surface area contributed by atoms with Gasteiger partial charge < -0.3 is 9.47 Å². The zero-order valence-electron chi connectivity index (χ0n) is 5.33. The Morgan fingerprint density at radius 1 is 1.50 bits per heavy atom. The first-order valence-corrected chi connectivity index (χ1v) is 2.43. The molecular weight excluding hydrogens is 140 g/mol. The van der Waals surface area contributed by atoms with Gasteiger partial charge in [0.05, 0.1) is 0 Å². The Morgan fingerprint density at radius 3 is 2.50 bits per heavy atom. The summed E-state index contributed by atoms with van der Waals surface area (Å²) in [6.07, 6.45) is 0. The summed E-state index contributed by atoms with van der Waals surface area (Å²) in [5, 5.41) is 0. The Kier molecular flexibility index (Phi) is 3.86. The van der Waals surface area contributed by atoms with Crippen molar-refractivity contribution in [2.75, 3.05) is 6.61 Å². The van der Waals surface area contributed by atoms with Gasteiger partial charge in [0.25, 0.3) is 6.47 Å². The lowest BCUT2D eigenvalue weighted by molar-refractivity contribution is -0.163. The van der Waals surface area contributed by atoms with Gasteiger partial charge in [0.15, 0.2) is 6.61 Å². The van der Waals surface area contributed by atoms with Crippen LogP contribution in [0.25, 0.3) is 0 Å². The van der Waals surface area contributed by atoms with Crippen LogP contribution < -0.4 is 0 Å². The lowest BCUT2D eigenvalue weighted by Gasteiger charge is -1.95. The van der Waals surface area contributed by atoms with Crippen molar-refractivity contribution in [2.24, 2.45) is 0 Å². The maximum Gasteiger partial charge on any atom is 0.351 e. The maximum atomic E-state index is 10.3. The SMILES string of the molecule is CC(=O)OC(=O)COC=O. The minimum atomic E-state index is -0.875.